The second-order valence-corrected chi connectivity index (χ2v) is 7.86. The van der Waals surface area contributed by atoms with Gasteiger partial charge in [0, 0.05) is 42.2 Å². The predicted octanol–water partition coefficient (Wildman–Crippen LogP) is 5.36. The number of nitrogens with zero attached hydrogens (tertiary/aromatic N) is 4. The molecule has 7 nitrogen and oxygen atoms in total. The molecule has 4 aromatic rings. The molecule has 0 aliphatic rings. The largest absolute Gasteiger partial charge is 0.490 e. The molecule has 0 aliphatic carbocycles. The van der Waals surface area contributed by atoms with Gasteiger partial charge in [-0.15, -0.1) is 11.3 Å². The Labute approximate surface area is 185 Å². The van der Waals surface area contributed by atoms with Crippen LogP contribution in [-0.4, -0.2) is 42.3 Å². The Kier molecular flexibility index (Phi) is 6.18. The fourth-order valence-corrected chi connectivity index (χ4v) is 3.96. The molecular weight excluding hydrogens is 410 g/mol. The van der Waals surface area contributed by atoms with Crippen molar-refractivity contribution in [2.75, 3.05) is 37.5 Å². The van der Waals surface area contributed by atoms with E-state index < -0.39 is 0 Å². The Morgan fingerprint density at radius 1 is 1.00 bits per heavy atom. The van der Waals surface area contributed by atoms with Gasteiger partial charge in [0.2, 0.25) is 0 Å². The molecule has 0 amide bonds. The molecule has 4 rings (SSSR count). The molecule has 2 heterocycles. The van der Waals surface area contributed by atoms with Crippen molar-refractivity contribution in [3.63, 3.8) is 0 Å². The first-order chi connectivity index (χ1) is 15.1. The maximum Gasteiger partial charge on any atom is 0.185 e. The summed E-state index contributed by atoms with van der Waals surface area (Å²) in [4.78, 5) is 15.6. The third-order valence-corrected chi connectivity index (χ3v) is 5.60. The van der Waals surface area contributed by atoms with Crippen LogP contribution in [0, 0.1) is 0 Å². The Morgan fingerprint density at radius 2 is 1.77 bits per heavy atom. The van der Waals surface area contributed by atoms with Crippen LogP contribution in [0.15, 0.2) is 48.1 Å². The topological polar surface area (TPSA) is 72.4 Å². The van der Waals surface area contributed by atoms with Crippen molar-refractivity contribution in [3.05, 3.63) is 48.1 Å². The van der Waals surface area contributed by atoms with Crippen LogP contribution in [0.2, 0.25) is 0 Å². The van der Waals surface area contributed by atoms with Gasteiger partial charge in [0.15, 0.2) is 16.6 Å². The first-order valence-corrected chi connectivity index (χ1v) is 11.0. The van der Waals surface area contributed by atoms with Crippen LogP contribution in [-0.2, 0) is 0 Å². The summed E-state index contributed by atoms with van der Waals surface area (Å²) in [5, 5.41) is 7.33. The number of thiazole rings is 1. The highest BCUT2D eigenvalue weighted by molar-refractivity contribution is 7.14. The fourth-order valence-electron chi connectivity index (χ4n) is 3.20. The number of hydrogen-bond donors (Lipinski definition) is 1. The summed E-state index contributed by atoms with van der Waals surface area (Å²) in [6.07, 6.45) is 1.55. The van der Waals surface area contributed by atoms with Gasteiger partial charge >= 0.3 is 0 Å². The summed E-state index contributed by atoms with van der Waals surface area (Å²) in [5.41, 5.74) is 3.70. The maximum atomic E-state index is 5.78. The van der Waals surface area contributed by atoms with Crippen LogP contribution in [0.5, 0.6) is 11.5 Å². The number of hydrogen-bond acceptors (Lipinski definition) is 8. The Hall–Kier alpha value is -3.39. The Bertz CT molecular complexity index is 1190. The number of rotatable bonds is 8. The van der Waals surface area contributed by atoms with E-state index in [-0.39, 0.29) is 0 Å². The van der Waals surface area contributed by atoms with Crippen molar-refractivity contribution in [2.45, 2.75) is 13.8 Å². The molecule has 0 fully saturated rings. The molecular formula is C23H25N5O2S. The maximum absolute atomic E-state index is 5.78. The Balaban J connectivity index is 1.69. The van der Waals surface area contributed by atoms with Gasteiger partial charge in [0.05, 0.1) is 24.4 Å². The van der Waals surface area contributed by atoms with Gasteiger partial charge < -0.3 is 19.7 Å². The average Bonchev–Trinajstić information content (AvgIpc) is 3.26. The molecule has 31 heavy (non-hydrogen) atoms. The van der Waals surface area contributed by atoms with Gasteiger partial charge in [-0.2, -0.15) is 0 Å². The Morgan fingerprint density at radius 3 is 2.48 bits per heavy atom. The highest BCUT2D eigenvalue weighted by atomic mass is 32.1. The number of nitrogens with one attached hydrogen (secondary N) is 1. The number of benzene rings is 2. The van der Waals surface area contributed by atoms with Crippen LogP contribution >= 0.6 is 11.3 Å². The molecule has 0 unspecified atom stereocenters. The lowest BCUT2D eigenvalue weighted by Gasteiger charge is -2.14. The monoisotopic (exact) mass is 435 g/mol. The molecule has 1 N–H and O–H groups in total. The van der Waals surface area contributed by atoms with Crippen molar-refractivity contribution < 1.29 is 9.47 Å². The third-order valence-electron chi connectivity index (χ3n) is 4.60. The molecule has 0 radical (unpaired) electrons. The molecule has 2 aromatic heterocycles. The molecule has 2 aromatic carbocycles. The van der Waals surface area contributed by atoms with Gasteiger partial charge in [-0.25, -0.2) is 15.0 Å². The lowest BCUT2D eigenvalue weighted by atomic mass is 10.1. The minimum atomic E-state index is 0.548. The molecule has 0 bridgehead atoms. The lowest BCUT2D eigenvalue weighted by molar-refractivity contribution is 0.288. The van der Waals surface area contributed by atoms with Crippen molar-refractivity contribution in [1.29, 1.82) is 0 Å². The molecule has 0 saturated heterocycles. The van der Waals surface area contributed by atoms with Gasteiger partial charge in [-0.3, -0.25) is 0 Å². The zero-order valence-corrected chi connectivity index (χ0v) is 18.9. The minimum Gasteiger partial charge on any atom is -0.490 e. The van der Waals surface area contributed by atoms with Crippen LogP contribution in [0.3, 0.4) is 0 Å². The van der Waals surface area contributed by atoms with E-state index in [1.54, 1.807) is 17.7 Å². The molecule has 0 aliphatic heterocycles. The summed E-state index contributed by atoms with van der Waals surface area (Å²) in [6, 6.07) is 12.0. The van der Waals surface area contributed by atoms with Crippen molar-refractivity contribution in [3.8, 4) is 22.8 Å². The lowest BCUT2D eigenvalue weighted by Crippen LogP contribution is -2.07. The summed E-state index contributed by atoms with van der Waals surface area (Å²) in [6.45, 7) is 5.00. The number of fused-ring (bicyclic) bond motifs is 1. The molecule has 8 heteroatoms. The van der Waals surface area contributed by atoms with Crippen LogP contribution in [0.25, 0.3) is 22.2 Å². The minimum absolute atomic E-state index is 0.548. The van der Waals surface area contributed by atoms with E-state index in [2.05, 4.69) is 32.8 Å². The second kappa shape index (κ2) is 9.18. The molecule has 0 atom stereocenters. The zero-order chi connectivity index (χ0) is 21.8. The van der Waals surface area contributed by atoms with E-state index in [0.29, 0.717) is 30.5 Å². The highest BCUT2D eigenvalue weighted by Crippen LogP contribution is 2.35. The smallest absolute Gasteiger partial charge is 0.185 e. The van der Waals surface area contributed by atoms with Gasteiger partial charge in [0.1, 0.15) is 12.1 Å². The van der Waals surface area contributed by atoms with Crippen molar-refractivity contribution >= 4 is 38.9 Å². The van der Waals surface area contributed by atoms with Gasteiger partial charge in [-0.05, 0) is 32.0 Å². The summed E-state index contributed by atoms with van der Waals surface area (Å²) in [7, 11) is 3.99. The molecule has 160 valence electrons. The van der Waals surface area contributed by atoms with E-state index in [9.17, 15) is 0 Å². The first-order valence-electron chi connectivity index (χ1n) is 10.1. The van der Waals surface area contributed by atoms with E-state index in [4.69, 9.17) is 14.5 Å². The molecule has 0 saturated carbocycles. The van der Waals surface area contributed by atoms with Crippen LogP contribution in [0.4, 0.5) is 16.6 Å². The number of aromatic nitrogens is 3. The zero-order valence-electron chi connectivity index (χ0n) is 18.0. The summed E-state index contributed by atoms with van der Waals surface area (Å²) in [5.74, 6) is 2.07. The number of anilines is 3. The first kappa shape index (κ1) is 20.9. The third kappa shape index (κ3) is 4.54. The SMILES string of the molecule is CCOc1cc2ncnc(Nc3cccc(-c4csc(N(C)C)n4)c3)c2cc1OCC. The van der Waals surface area contributed by atoms with Gasteiger partial charge in [0.25, 0.3) is 0 Å². The van der Waals surface area contributed by atoms with E-state index in [0.717, 1.165) is 33.0 Å². The van der Waals surface area contributed by atoms with Gasteiger partial charge in [-0.1, -0.05) is 12.1 Å². The van der Waals surface area contributed by atoms with Crippen LogP contribution < -0.4 is 19.7 Å². The summed E-state index contributed by atoms with van der Waals surface area (Å²) >= 11 is 1.62. The van der Waals surface area contributed by atoms with E-state index in [1.165, 1.54) is 0 Å². The normalized spacial score (nSPS) is 10.8. The van der Waals surface area contributed by atoms with E-state index >= 15 is 0 Å². The summed E-state index contributed by atoms with van der Waals surface area (Å²) < 4.78 is 11.5. The quantitative estimate of drug-likeness (QED) is 0.399. The average molecular weight is 436 g/mol. The number of ether oxygens (including phenoxy) is 2. The van der Waals surface area contributed by atoms with E-state index in [1.807, 2.05) is 57.1 Å². The van der Waals surface area contributed by atoms with Crippen molar-refractivity contribution in [1.82, 2.24) is 15.0 Å². The predicted molar refractivity (Wildman–Crippen MR) is 127 cm³/mol. The van der Waals surface area contributed by atoms with Crippen molar-refractivity contribution in [2.24, 2.45) is 0 Å². The molecule has 0 spiro atoms. The second-order valence-electron chi connectivity index (χ2n) is 7.02. The standard InChI is InChI=1S/C23H25N5O2S/c1-5-29-20-11-17-18(12-21(20)30-6-2)24-14-25-22(17)26-16-9-7-8-15(10-16)19-13-31-23(27-19)28(3)4/h7-14H,5-6H2,1-4H3,(H,24,25,26). The van der Waals surface area contributed by atoms with Crippen LogP contribution in [0.1, 0.15) is 13.8 Å². The fraction of sp³-hybridized carbons (Fsp3) is 0.261. The highest BCUT2D eigenvalue weighted by Gasteiger charge is 2.13.